The van der Waals surface area contributed by atoms with Gasteiger partial charge in [-0.3, -0.25) is 4.99 Å². The van der Waals surface area contributed by atoms with E-state index in [-0.39, 0.29) is 0 Å². The summed E-state index contributed by atoms with van der Waals surface area (Å²) in [6.07, 6.45) is 11.1. The molecule has 0 aliphatic carbocycles. The van der Waals surface area contributed by atoms with Gasteiger partial charge >= 0.3 is 0 Å². The molecule has 3 nitrogen and oxygen atoms in total. The summed E-state index contributed by atoms with van der Waals surface area (Å²) in [7, 11) is 0. The summed E-state index contributed by atoms with van der Waals surface area (Å²) in [6, 6.07) is 51.3. The van der Waals surface area contributed by atoms with Crippen LogP contribution in [0, 0.1) is 6.92 Å². The molecule has 1 aromatic heterocycles. The van der Waals surface area contributed by atoms with E-state index < -0.39 is 0 Å². The maximum Gasteiger partial charge on any atom is 0.157 e. The Hall–Kier alpha value is -8.14. The predicted molar refractivity (Wildman–Crippen MR) is 325 cm³/mol. The van der Waals surface area contributed by atoms with Crippen molar-refractivity contribution in [1.82, 2.24) is 0 Å². The van der Waals surface area contributed by atoms with Gasteiger partial charge in [0, 0.05) is 27.8 Å². The highest BCUT2D eigenvalue weighted by molar-refractivity contribution is 6.16. The van der Waals surface area contributed by atoms with Crippen molar-refractivity contribution in [3.8, 4) is 11.1 Å². The molecule has 0 saturated heterocycles. The third-order valence-electron chi connectivity index (χ3n) is 10.8. The highest BCUT2D eigenvalue weighted by Crippen LogP contribution is 2.30. The minimum Gasteiger partial charge on any atom is -0.454 e. The molecule has 7 rings (SSSR count). The monoisotopic (exact) mass is 951 g/mol. The molecule has 0 radical (unpaired) electrons. The smallest absolute Gasteiger partial charge is 0.157 e. The Morgan fingerprint density at radius 3 is 1.49 bits per heavy atom. The lowest BCUT2D eigenvalue weighted by Gasteiger charge is -2.10. The molecular weight excluding hydrogens is 873 g/mol. The number of rotatable bonds is 15. The number of nitrogens with zero attached hydrogens (tertiary/aromatic N) is 2. The van der Waals surface area contributed by atoms with Gasteiger partial charge < -0.3 is 4.42 Å². The number of furan rings is 1. The van der Waals surface area contributed by atoms with Crippen LogP contribution >= 0.6 is 0 Å². The normalized spacial score (nSPS) is 10.9. The van der Waals surface area contributed by atoms with Gasteiger partial charge in [-0.1, -0.05) is 277 Å². The summed E-state index contributed by atoms with van der Waals surface area (Å²) in [6.45, 7) is 49.9. The molecule has 0 bridgehead atoms. The van der Waals surface area contributed by atoms with Crippen molar-refractivity contribution in [2.75, 3.05) is 0 Å². The van der Waals surface area contributed by atoms with Crippen LogP contribution in [-0.2, 0) is 0 Å². The quantitative estimate of drug-likeness (QED) is 0.0745. The lowest BCUT2D eigenvalue weighted by molar-refractivity contribution is 0.602. The van der Waals surface area contributed by atoms with Gasteiger partial charge in [-0.25, -0.2) is 4.99 Å². The van der Waals surface area contributed by atoms with Crippen LogP contribution in [0.5, 0.6) is 0 Å². The molecule has 370 valence electrons. The third kappa shape index (κ3) is 16.8. The fourth-order valence-electron chi connectivity index (χ4n) is 7.20. The second kappa shape index (κ2) is 32.6. The molecule has 3 heteroatoms. The average Bonchev–Trinajstić information content (AvgIpc) is 3.78. The lowest BCUT2D eigenvalue weighted by atomic mass is 10.00. The van der Waals surface area contributed by atoms with Crippen LogP contribution in [0.25, 0.3) is 50.2 Å². The molecule has 0 aliphatic heterocycles. The Bertz CT molecular complexity index is 3000. The summed E-state index contributed by atoms with van der Waals surface area (Å²) >= 11 is 0. The Labute approximate surface area is 434 Å². The van der Waals surface area contributed by atoms with Gasteiger partial charge in [0.25, 0.3) is 0 Å². The molecule has 1 heterocycles. The van der Waals surface area contributed by atoms with Crippen LogP contribution in [0.1, 0.15) is 120 Å². The highest BCUT2D eigenvalue weighted by Gasteiger charge is 2.19. The molecule has 0 spiro atoms. The molecule has 0 N–H and O–H groups in total. The fraction of sp³-hybridized carbons (Fsp3) is 0.159. The molecule has 0 atom stereocenters. The molecule has 0 aliphatic rings. The molecular formula is C69H78N2O. The van der Waals surface area contributed by atoms with Crippen molar-refractivity contribution in [1.29, 1.82) is 0 Å². The Morgan fingerprint density at radius 2 is 0.917 bits per heavy atom. The van der Waals surface area contributed by atoms with E-state index in [4.69, 9.17) is 14.4 Å². The van der Waals surface area contributed by atoms with Gasteiger partial charge in [0.05, 0.1) is 11.4 Å². The van der Waals surface area contributed by atoms with Crippen LogP contribution < -0.4 is 0 Å². The van der Waals surface area contributed by atoms with Gasteiger partial charge in [-0.2, -0.15) is 0 Å². The number of benzene rings is 6. The first-order valence-corrected chi connectivity index (χ1v) is 25.1. The fourth-order valence-corrected chi connectivity index (χ4v) is 7.20. The van der Waals surface area contributed by atoms with Crippen molar-refractivity contribution in [2.45, 2.75) is 76.2 Å². The van der Waals surface area contributed by atoms with E-state index in [9.17, 15) is 0 Å². The highest BCUT2D eigenvalue weighted by atomic mass is 16.3. The molecule has 0 unspecified atom stereocenters. The van der Waals surface area contributed by atoms with Gasteiger partial charge in [0.2, 0.25) is 0 Å². The zero-order valence-electron chi connectivity index (χ0n) is 45.2. The zero-order chi connectivity index (χ0) is 53.6. The van der Waals surface area contributed by atoms with E-state index in [2.05, 4.69) is 126 Å². The number of allylic oxidation sites excluding steroid dienone is 9. The zero-order valence-corrected chi connectivity index (χ0v) is 45.2. The third-order valence-corrected chi connectivity index (χ3v) is 10.8. The van der Waals surface area contributed by atoms with E-state index in [1.165, 1.54) is 5.56 Å². The largest absolute Gasteiger partial charge is 0.454 e. The Kier molecular flexibility index (Phi) is 27.2. The molecule has 0 amide bonds. The second-order valence-electron chi connectivity index (χ2n) is 15.2. The van der Waals surface area contributed by atoms with Crippen LogP contribution in [0.3, 0.4) is 0 Å². The molecule has 0 saturated carbocycles. The van der Waals surface area contributed by atoms with E-state index in [1.807, 2.05) is 172 Å². The minimum atomic E-state index is 0.656. The van der Waals surface area contributed by atoms with Crippen molar-refractivity contribution >= 4 is 50.5 Å². The number of hydrogen-bond acceptors (Lipinski definition) is 3. The van der Waals surface area contributed by atoms with Gasteiger partial charge in [-0.05, 0) is 89.1 Å². The predicted octanol–water partition coefficient (Wildman–Crippen LogP) is 20.7. The molecule has 7 aromatic rings. The molecule has 6 aromatic carbocycles. The number of aryl methyl sites for hydroxylation is 1. The number of hydrogen-bond donors (Lipinski definition) is 0. The Balaban J connectivity index is 0.000000439. The number of fused-ring (bicyclic) bond motifs is 1. The summed E-state index contributed by atoms with van der Waals surface area (Å²) in [5.41, 5.74) is 17.6. The van der Waals surface area contributed by atoms with Crippen LogP contribution in [0.4, 0.5) is 0 Å². The van der Waals surface area contributed by atoms with E-state index in [0.717, 1.165) is 101 Å². The minimum absolute atomic E-state index is 0.656. The van der Waals surface area contributed by atoms with Crippen molar-refractivity contribution in [3.63, 3.8) is 0 Å². The first-order chi connectivity index (χ1) is 35.0. The van der Waals surface area contributed by atoms with Crippen molar-refractivity contribution in [3.05, 3.63) is 284 Å². The Morgan fingerprint density at radius 1 is 0.444 bits per heavy atom. The first kappa shape index (κ1) is 60.0. The molecule has 0 fully saturated rings. The SMILES string of the molecule is C=C/C=C(\C=C)c1ccc(C(=C)N=C(c2ccc(C(=C)C)cc2)c2oc3ccccc3c2C)cc1.C=C/C=C(\C=C)c1cccc(C(C)=NC(=C)c2cccc(-c3ccccc3)c2)c1.CC.CC.CC.CC. The van der Waals surface area contributed by atoms with E-state index in [0.29, 0.717) is 5.70 Å². The standard InChI is InChI=1S/C33H29NO.C28H25N.4C2H6/c1-7-11-25(8-2)28-18-16-27(17-19-28)24(6)34-32(29-20-14-26(15-21-29)22(3)4)33-23(5)30-12-9-10-13-31(30)35-33;1-5-12-23(6-2)27-17-10-15-25(19-27)21(3)29-22(4)26-16-11-18-28(20-26)24-13-8-7-9-14-24;4*1-2/h7-21H,1-3,6H2,4-5H3;5-20H,1-2,4H2,3H3;4*1-2H3/b25-11+,34-32?;23-12+,29-21?;;;;. The number of aliphatic imine (C=N–C) groups is 2. The van der Waals surface area contributed by atoms with Crippen LogP contribution in [0.2, 0.25) is 0 Å². The maximum absolute atomic E-state index is 6.30. The van der Waals surface area contributed by atoms with Crippen molar-refractivity contribution in [2.24, 2.45) is 9.98 Å². The summed E-state index contributed by atoms with van der Waals surface area (Å²) in [5.74, 6) is 0.745. The number of para-hydroxylation sites is 1. The summed E-state index contributed by atoms with van der Waals surface area (Å²) in [4.78, 5) is 9.79. The summed E-state index contributed by atoms with van der Waals surface area (Å²) in [5, 5.41) is 1.08. The van der Waals surface area contributed by atoms with Crippen LogP contribution in [0.15, 0.2) is 249 Å². The van der Waals surface area contributed by atoms with Gasteiger partial charge in [0.1, 0.15) is 11.3 Å². The second-order valence-corrected chi connectivity index (χ2v) is 15.2. The average molecular weight is 951 g/mol. The first-order valence-electron chi connectivity index (χ1n) is 25.1. The van der Waals surface area contributed by atoms with E-state index >= 15 is 0 Å². The van der Waals surface area contributed by atoms with Crippen LogP contribution in [-0.4, -0.2) is 11.4 Å². The topological polar surface area (TPSA) is 37.9 Å². The molecule has 72 heavy (non-hydrogen) atoms. The van der Waals surface area contributed by atoms with E-state index in [1.54, 1.807) is 12.2 Å². The van der Waals surface area contributed by atoms with Gasteiger partial charge in [-0.15, -0.1) is 0 Å². The van der Waals surface area contributed by atoms with Gasteiger partial charge in [0.15, 0.2) is 5.76 Å². The maximum atomic E-state index is 6.30. The lowest BCUT2D eigenvalue weighted by Crippen LogP contribution is -2.04. The van der Waals surface area contributed by atoms with Crippen molar-refractivity contribution < 1.29 is 4.42 Å². The summed E-state index contributed by atoms with van der Waals surface area (Å²) < 4.78 is 6.30.